The molecule has 92 valence electrons. The minimum atomic E-state index is 0.0687. The molecule has 1 amide bonds. The minimum Gasteiger partial charge on any atom is -0.326 e. The standard InChI is InChI=1S/C13H17ClN2O/c14-11-2-1-3-12(8-11)16-13(17)5-4-10-6-7-15-9-10/h1-3,8,10,15H,4-7,9H2,(H,16,17). The second kappa shape index (κ2) is 6.03. The monoisotopic (exact) mass is 252 g/mol. The van der Waals surface area contributed by atoms with E-state index in [0.717, 1.165) is 25.2 Å². The molecule has 4 heteroatoms. The summed E-state index contributed by atoms with van der Waals surface area (Å²) in [6.45, 7) is 2.13. The highest BCUT2D eigenvalue weighted by Gasteiger charge is 2.15. The number of carbonyl (C=O) groups excluding carboxylic acids is 1. The molecule has 0 radical (unpaired) electrons. The number of hydrogen-bond acceptors (Lipinski definition) is 2. The van der Waals surface area contributed by atoms with Crippen molar-refractivity contribution in [2.45, 2.75) is 19.3 Å². The molecule has 2 rings (SSSR count). The molecule has 0 spiro atoms. The second-order valence-electron chi connectivity index (χ2n) is 4.46. The van der Waals surface area contributed by atoms with E-state index in [4.69, 9.17) is 11.6 Å². The lowest BCUT2D eigenvalue weighted by molar-refractivity contribution is -0.116. The third-order valence-corrected chi connectivity index (χ3v) is 3.29. The largest absolute Gasteiger partial charge is 0.326 e. The van der Waals surface area contributed by atoms with Crippen molar-refractivity contribution in [3.63, 3.8) is 0 Å². The maximum Gasteiger partial charge on any atom is 0.224 e. The van der Waals surface area contributed by atoms with Crippen molar-refractivity contribution in [2.24, 2.45) is 5.92 Å². The van der Waals surface area contributed by atoms with Crippen LogP contribution in [0.4, 0.5) is 5.69 Å². The first-order chi connectivity index (χ1) is 8.24. The molecule has 1 aromatic carbocycles. The van der Waals surface area contributed by atoms with Crippen molar-refractivity contribution < 1.29 is 4.79 Å². The van der Waals surface area contributed by atoms with Crippen molar-refractivity contribution in [3.8, 4) is 0 Å². The topological polar surface area (TPSA) is 41.1 Å². The fraction of sp³-hybridized carbons (Fsp3) is 0.462. The van der Waals surface area contributed by atoms with Crippen LogP contribution in [0.1, 0.15) is 19.3 Å². The van der Waals surface area contributed by atoms with Crippen LogP contribution in [0.5, 0.6) is 0 Å². The molecule has 0 aromatic heterocycles. The Morgan fingerprint density at radius 1 is 1.53 bits per heavy atom. The zero-order chi connectivity index (χ0) is 12.1. The van der Waals surface area contributed by atoms with Gasteiger partial charge in [-0.15, -0.1) is 0 Å². The Hall–Kier alpha value is -1.06. The van der Waals surface area contributed by atoms with Gasteiger partial charge in [0.25, 0.3) is 0 Å². The highest BCUT2D eigenvalue weighted by Crippen LogP contribution is 2.17. The number of rotatable bonds is 4. The highest BCUT2D eigenvalue weighted by atomic mass is 35.5. The van der Waals surface area contributed by atoms with Gasteiger partial charge >= 0.3 is 0 Å². The molecule has 17 heavy (non-hydrogen) atoms. The lowest BCUT2D eigenvalue weighted by atomic mass is 10.0. The Morgan fingerprint density at radius 3 is 3.12 bits per heavy atom. The number of hydrogen-bond donors (Lipinski definition) is 2. The zero-order valence-electron chi connectivity index (χ0n) is 9.71. The zero-order valence-corrected chi connectivity index (χ0v) is 10.5. The average molecular weight is 253 g/mol. The van der Waals surface area contributed by atoms with Gasteiger partial charge in [0.15, 0.2) is 0 Å². The van der Waals surface area contributed by atoms with E-state index < -0.39 is 0 Å². The predicted molar refractivity (Wildman–Crippen MR) is 70.3 cm³/mol. The summed E-state index contributed by atoms with van der Waals surface area (Å²) in [5.41, 5.74) is 0.770. The van der Waals surface area contributed by atoms with Crippen molar-refractivity contribution in [3.05, 3.63) is 29.3 Å². The Morgan fingerprint density at radius 2 is 2.41 bits per heavy atom. The maximum atomic E-state index is 11.7. The molecule has 0 aliphatic carbocycles. The van der Waals surface area contributed by atoms with E-state index in [-0.39, 0.29) is 5.91 Å². The fourth-order valence-corrected chi connectivity index (χ4v) is 2.28. The van der Waals surface area contributed by atoms with Crippen LogP contribution in [-0.2, 0) is 4.79 Å². The molecule has 1 aliphatic rings. The van der Waals surface area contributed by atoms with Crippen LogP contribution in [0.2, 0.25) is 5.02 Å². The first-order valence-corrected chi connectivity index (χ1v) is 6.38. The molecule has 0 saturated carbocycles. The van der Waals surface area contributed by atoms with Crippen LogP contribution >= 0.6 is 11.6 Å². The van der Waals surface area contributed by atoms with E-state index in [1.54, 1.807) is 12.1 Å². The third kappa shape index (κ3) is 4.02. The lowest BCUT2D eigenvalue weighted by Crippen LogP contribution is -2.14. The average Bonchev–Trinajstić information content (AvgIpc) is 2.79. The van der Waals surface area contributed by atoms with Crippen LogP contribution in [0.15, 0.2) is 24.3 Å². The summed E-state index contributed by atoms with van der Waals surface area (Å²) < 4.78 is 0. The summed E-state index contributed by atoms with van der Waals surface area (Å²) in [6, 6.07) is 7.23. The SMILES string of the molecule is O=C(CCC1CCNC1)Nc1cccc(Cl)c1. The van der Waals surface area contributed by atoms with Crippen LogP contribution in [0, 0.1) is 5.92 Å². The number of anilines is 1. The third-order valence-electron chi connectivity index (χ3n) is 3.05. The van der Waals surface area contributed by atoms with E-state index >= 15 is 0 Å². The highest BCUT2D eigenvalue weighted by molar-refractivity contribution is 6.30. The number of nitrogens with one attached hydrogen (secondary N) is 2. The van der Waals surface area contributed by atoms with Gasteiger partial charge in [0.05, 0.1) is 0 Å². The molecular weight excluding hydrogens is 236 g/mol. The number of halogens is 1. The van der Waals surface area contributed by atoms with E-state index in [1.807, 2.05) is 12.1 Å². The Bertz CT molecular complexity index is 389. The molecule has 1 fully saturated rings. The van der Waals surface area contributed by atoms with E-state index in [1.165, 1.54) is 6.42 Å². The van der Waals surface area contributed by atoms with Crippen LogP contribution in [-0.4, -0.2) is 19.0 Å². The summed E-state index contributed by atoms with van der Waals surface area (Å²) in [5, 5.41) is 6.81. The number of amides is 1. The Balaban J connectivity index is 1.76. The van der Waals surface area contributed by atoms with E-state index in [0.29, 0.717) is 17.4 Å². The Labute approximate surface area is 107 Å². The summed E-state index contributed by atoms with van der Waals surface area (Å²) in [6.07, 6.45) is 2.72. The molecule has 1 heterocycles. The fourth-order valence-electron chi connectivity index (χ4n) is 2.09. The van der Waals surface area contributed by atoms with Gasteiger partial charge in [-0.05, 0) is 50.0 Å². The molecule has 0 bridgehead atoms. The van der Waals surface area contributed by atoms with Gasteiger partial charge < -0.3 is 10.6 Å². The first-order valence-electron chi connectivity index (χ1n) is 6.00. The van der Waals surface area contributed by atoms with Crippen LogP contribution in [0.25, 0.3) is 0 Å². The summed E-state index contributed by atoms with van der Waals surface area (Å²) in [7, 11) is 0. The first kappa shape index (κ1) is 12.4. The summed E-state index contributed by atoms with van der Waals surface area (Å²) >= 11 is 5.85. The van der Waals surface area contributed by atoms with Crippen molar-refractivity contribution >= 4 is 23.2 Å². The van der Waals surface area contributed by atoms with Crippen molar-refractivity contribution in [2.75, 3.05) is 18.4 Å². The molecule has 1 unspecified atom stereocenters. The van der Waals surface area contributed by atoms with Gasteiger partial charge in [-0.2, -0.15) is 0 Å². The molecule has 1 aliphatic heterocycles. The molecule has 1 atom stereocenters. The smallest absolute Gasteiger partial charge is 0.224 e. The van der Waals surface area contributed by atoms with E-state index in [2.05, 4.69) is 10.6 Å². The summed E-state index contributed by atoms with van der Waals surface area (Å²) in [5.74, 6) is 0.722. The van der Waals surface area contributed by atoms with Crippen molar-refractivity contribution in [1.29, 1.82) is 0 Å². The van der Waals surface area contributed by atoms with E-state index in [9.17, 15) is 4.79 Å². The van der Waals surface area contributed by atoms with Gasteiger partial charge in [-0.25, -0.2) is 0 Å². The minimum absolute atomic E-state index is 0.0687. The van der Waals surface area contributed by atoms with Gasteiger partial charge in [0.2, 0.25) is 5.91 Å². The van der Waals surface area contributed by atoms with Crippen LogP contribution < -0.4 is 10.6 Å². The molecule has 1 aromatic rings. The van der Waals surface area contributed by atoms with Gasteiger partial charge in [-0.1, -0.05) is 17.7 Å². The molecule has 2 N–H and O–H groups in total. The number of benzene rings is 1. The normalized spacial score (nSPS) is 19.2. The number of carbonyl (C=O) groups is 1. The molecular formula is C13H17ClN2O. The second-order valence-corrected chi connectivity index (χ2v) is 4.89. The molecule has 1 saturated heterocycles. The lowest BCUT2D eigenvalue weighted by Gasteiger charge is -2.08. The van der Waals surface area contributed by atoms with Gasteiger partial charge in [0.1, 0.15) is 0 Å². The van der Waals surface area contributed by atoms with Gasteiger partial charge in [-0.3, -0.25) is 4.79 Å². The van der Waals surface area contributed by atoms with Crippen molar-refractivity contribution in [1.82, 2.24) is 5.32 Å². The van der Waals surface area contributed by atoms with Crippen LogP contribution in [0.3, 0.4) is 0 Å². The molecule has 3 nitrogen and oxygen atoms in total. The van der Waals surface area contributed by atoms with Gasteiger partial charge in [0, 0.05) is 17.1 Å². The quantitative estimate of drug-likeness (QED) is 0.865. The maximum absolute atomic E-state index is 11.7. The Kier molecular flexibility index (Phi) is 4.40. The predicted octanol–water partition coefficient (Wildman–Crippen LogP) is 2.67. The summed E-state index contributed by atoms with van der Waals surface area (Å²) in [4.78, 5) is 11.7.